The normalized spacial score (nSPS) is 13.3. The summed E-state index contributed by atoms with van der Waals surface area (Å²) in [5.74, 6) is 0.0495. The van der Waals surface area contributed by atoms with Gasteiger partial charge in [0.05, 0.1) is 6.07 Å². The largest absolute Gasteiger partial charge is 0.370 e. The van der Waals surface area contributed by atoms with E-state index in [1.165, 1.54) is 0 Å². The van der Waals surface area contributed by atoms with Crippen LogP contribution in [0.4, 0.5) is 0 Å². The smallest absolute Gasteiger partial charge is 0.0628 e. The van der Waals surface area contributed by atoms with Crippen molar-refractivity contribution < 1.29 is 0 Å². The zero-order valence-electron chi connectivity index (χ0n) is 16.3. The van der Waals surface area contributed by atoms with E-state index in [2.05, 4.69) is 68.4 Å². The molecule has 2 atom stereocenters. The van der Waals surface area contributed by atoms with Crippen molar-refractivity contribution in [2.75, 3.05) is 0 Å². The number of nitriles is 1. The molecule has 0 bridgehead atoms. The third kappa shape index (κ3) is 4.52. The van der Waals surface area contributed by atoms with Gasteiger partial charge in [0, 0.05) is 48.4 Å². The molecule has 2 unspecified atom stereocenters. The molecule has 0 amide bonds. The Bertz CT molecular complexity index is 721. The molecule has 26 heavy (non-hydrogen) atoms. The zero-order valence-corrected chi connectivity index (χ0v) is 16.3. The minimum atomic E-state index is 0.00977. The van der Waals surface area contributed by atoms with Gasteiger partial charge in [-0.1, -0.05) is 43.0 Å². The standard InChI is InChI=1S/C23H29N3/c1-17(2)26(18(3)4)19(5)23(21-12-9-15-25-16-21)22(13-14-24)20-10-7-6-8-11-20/h6-12,15-18,22-23H,5,13H2,1-4H3. The van der Waals surface area contributed by atoms with E-state index in [9.17, 15) is 5.26 Å². The summed E-state index contributed by atoms with van der Waals surface area (Å²) in [4.78, 5) is 6.68. The fourth-order valence-corrected chi connectivity index (χ4v) is 3.86. The first-order valence-electron chi connectivity index (χ1n) is 9.26. The summed E-state index contributed by atoms with van der Waals surface area (Å²) < 4.78 is 0. The van der Waals surface area contributed by atoms with Gasteiger partial charge in [-0.25, -0.2) is 0 Å². The maximum Gasteiger partial charge on any atom is 0.0628 e. The Morgan fingerprint density at radius 3 is 2.15 bits per heavy atom. The first kappa shape index (κ1) is 19.7. The molecule has 0 aliphatic rings. The number of pyridine rings is 1. The van der Waals surface area contributed by atoms with Crippen LogP contribution >= 0.6 is 0 Å². The van der Waals surface area contributed by atoms with Crippen LogP contribution in [0.5, 0.6) is 0 Å². The lowest BCUT2D eigenvalue weighted by atomic mass is 9.77. The van der Waals surface area contributed by atoms with Crippen LogP contribution in [0.2, 0.25) is 0 Å². The topological polar surface area (TPSA) is 39.9 Å². The van der Waals surface area contributed by atoms with Gasteiger partial charge in [0.25, 0.3) is 0 Å². The van der Waals surface area contributed by atoms with E-state index >= 15 is 0 Å². The van der Waals surface area contributed by atoms with Crippen molar-refractivity contribution in [1.82, 2.24) is 9.88 Å². The SMILES string of the molecule is C=C(C(c1cccnc1)C(CC#N)c1ccccc1)N(C(C)C)C(C)C. The molecule has 136 valence electrons. The molecule has 2 rings (SSSR count). The predicted octanol–water partition coefficient (Wildman–Crippen LogP) is 5.50. The summed E-state index contributed by atoms with van der Waals surface area (Å²) in [7, 11) is 0. The Kier molecular flexibility index (Phi) is 6.97. The van der Waals surface area contributed by atoms with Crippen molar-refractivity contribution in [1.29, 1.82) is 5.26 Å². The van der Waals surface area contributed by atoms with E-state index in [1.54, 1.807) is 6.20 Å². The molecule has 0 radical (unpaired) electrons. The van der Waals surface area contributed by atoms with Gasteiger partial charge in [-0.2, -0.15) is 5.26 Å². The fourth-order valence-electron chi connectivity index (χ4n) is 3.86. The molecule has 3 heteroatoms. The molecular formula is C23H29N3. The van der Waals surface area contributed by atoms with E-state index < -0.39 is 0 Å². The second-order valence-electron chi connectivity index (χ2n) is 7.23. The van der Waals surface area contributed by atoms with Crippen molar-refractivity contribution in [3.05, 3.63) is 78.3 Å². The average Bonchev–Trinajstić information content (AvgIpc) is 2.62. The van der Waals surface area contributed by atoms with Crippen molar-refractivity contribution in [3.63, 3.8) is 0 Å². The van der Waals surface area contributed by atoms with Crippen LogP contribution < -0.4 is 0 Å². The van der Waals surface area contributed by atoms with E-state index in [1.807, 2.05) is 30.5 Å². The van der Waals surface area contributed by atoms with Gasteiger partial charge in [-0.3, -0.25) is 4.98 Å². The number of rotatable bonds is 8. The van der Waals surface area contributed by atoms with E-state index in [4.69, 9.17) is 0 Å². The van der Waals surface area contributed by atoms with Gasteiger partial charge in [0.15, 0.2) is 0 Å². The van der Waals surface area contributed by atoms with Crippen LogP contribution in [0.25, 0.3) is 0 Å². The van der Waals surface area contributed by atoms with Crippen LogP contribution in [0.3, 0.4) is 0 Å². The number of aromatic nitrogens is 1. The van der Waals surface area contributed by atoms with Crippen LogP contribution in [-0.4, -0.2) is 22.0 Å². The lowest BCUT2D eigenvalue weighted by Crippen LogP contribution is -2.39. The second kappa shape index (κ2) is 9.20. The lowest BCUT2D eigenvalue weighted by Gasteiger charge is -2.40. The molecule has 0 saturated carbocycles. The molecule has 0 spiro atoms. The molecule has 1 heterocycles. The Balaban J connectivity index is 2.56. The molecule has 2 aromatic rings. The summed E-state index contributed by atoms with van der Waals surface area (Å²) >= 11 is 0. The van der Waals surface area contributed by atoms with Gasteiger partial charge < -0.3 is 4.90 Å². The number of hydrogen-bond acceptors (Lipinski definition) is 3. The third-order valence-electron chi connectivity index (χ3n) is 4.79. The summed E-state index contributed by atoms with van der Waals surface area (Å²) in [5, 5.41) is 9.52. The van der Waals surface area contributed by atoms with Gasteiger partial charge in [-0.05, 0) is 44.9 Å². The van der Waals surface area contributed by atoms with Crippen molar-refractivity contribution in [2.24, 2.45) is 0 Å². The first-order valence-corrected chi connectivity index (χ1v) is 9.26. The Morgan fingerprint density at radius 2 is 1.65 bits per heavy atom. The van der Waals surface area contributed by atoms with Gasteiger partial charge in [0.1, 0.15) is 0 Å². The third-order valence-corrected chi connectivity index (χ3v) is 4.79. The minimum absolute atomic E-state index is 0.00977. The van der Waals surface area contributed by atoms with Crippen molar-refractivity contribution in [3.8, 4) is 6.07 Å². The zero-order chi connectivity index (χ0) is 19.1. The number of hydrogen-bond donors (Lipinski definition) is 0. The summed E-state index contributed by atoms with van der Waals surface area (Å²) in [6, 6.07) is 17.4. The molecule has 1 aromatic carbocycles. The maximum atomic E-state index is 9.52. The molecule has 0 saturated heterocycles. The summed E-state index contributed by atoms with van der Waals surface area (Å²) in [6.45, 7) is 13.2. The summed E-state index contributed by atoms with van der Waals surface area (Å²) in [6.07, 6.45) is 4.13. The highest BCUT2D eigenvalue weighted by molar-refractivity contribution is 5.34. The number of benzene rings is 1. The molecule has 0 aliphatic heterocycles. The van der Waals surface area contributed by atoms with Crippen LogP contribution in [0.15, 0.2) is 67.1 Å². The average molecular weight is 348 g/mol. The van der Waals surface area contributed by atoms with Crippen molar-refractivity contribution >= 4 is 0 Å². The first-order chi connectivity index (χ1) is 12.5. The summed E-state index contributed by atoms with van der Waals surface area (Å²) in [5.41, 5.74) is 3.32. The van der Waals surface area contributed by atoms with E-state index in [-0.39, 0.29) is 11.8 Å². The van der Waals surface area contributed by atoms with Crippen LogP contribution in [0, 0.1) is 11.3 Å². The molecule has 1 aromatic heterocycles. The van der Waals surface area contributed by atoms with E-state index in [0.717, 1.165) is 16.8 Å². The maximum absolute atomic E-state index is 9.52. The highest BCUT2D eigenvalue weighted by Gasteiger charge is 2.31. The molecule has 0 N–H and O–H groups in total. The molecular weight excluding hydrogens is 318 g/mol. The van der Waals surface area contributed by atoms with Gasteiger partial charge in [0.2, 0.25) is 0 Å². The highest BCUT2D eigenvalue weighted by atomic mass is 15.2. The Hall–Kier alpha value is -2.60. The lowest BCUT2D eigenvalue weighted by molar-refractivity contribution is 0.212. The molecule has 3 nitrogen and oxygen atoms in total. The predicted molar refractivity (Wildman–Crippen MR) is 108 cm³/mol. The molecule has 0 aliphatic carbocycles. The number of nitrogens with zero attached hydrogens (tertiary/aromatic N) is 3. The fraction of sp³-hybridized carbons (Fsp3) is 0.391. The highest BCUT2D eigenvalue weighted by Crippen LogP contribution is 2.42. The Morgan fingerprint density at radius 1 is 1.04 bits per heavy atom. The molecule has 0 fully saturated rings. The minimum Gasteiger partial charge on any atom is -0.370 e. The van der Waals surface area contributed by atoms with Crippen LogP contribution in [-0.2, 0) is 0 Å². The van der Waals surface area contributed by atoms with Crippen molar-refractivity contribution in [2.45, 2.75) is 58.0 Å². The van der Waals surface area contributed by atoms with Gasteiger partial charge >= 0.3 is 0 Å². The number of allylic oxidation sites excluding steroid dienone is 1. The monoisotopic (exact) mass is 347 g/mol. The van der Waals surface area contributed by atoms with E-state index in [0.29, 0.717) is 18.5 Å². The Labute approximate surface area is 158 Å². The van der Waals surface area contributed by atoms with Crippen LogP contribution in [0.1, 0.15) is 57.1 Å². The quantitative estimate of drug-likeness (QED) is 0.633. The van der Waals surface area contributed by atoms with Gasteiger partial charge in [-0.15, -0.1) is 0 Å². The second-order valence-corrected chi connectivity index (χ2v) is 7.23.